The molecule has 0 aliphatic heterocycles. The highest BCUT2D eigenvalue weighted by Gasteiger charge is 2.24. The molecule has 0 fully saturated rings. The molecule has 0 saturated heterocycles. The molecule has 4 heteroatoms. The summed E-state index contributed by atoms with van der Waals surface area (Å²) in [5, 5.41) is 21.9. The van der Waals surface area contributed by atoms with Gasteiger partial charge in [-0.2, -0.15) is 0 Å². The number of benzene rings is 1. The summed E-state index contributed by atoms with van der Waals surface area (Å²) in [4.78, 5) is 11.9. The first kappa shape index (κ1) is 14.4. The maximum atomic E-state index is 11.9. The molecule has 0 unspecified atom stereocenters. The minimum atomic E-state index is -0.459. The predicted octanol–water partition coefficient (Wildman–Crippen LogP) is 2.51. The van der Waals surface area contributed by atoms with Gasteiger partial charge in [0, 0.05) is 6.54 Å². The van der Waals surface area contributed by atoms with E-state index in [1.54, 1.807) is 0 Å². The van der Waals surface area contributed by atoms with Gasteiger partial charge in [0.15, 0.2) is 0 Å². The molecule has 0 spiro atoms. The summed E-state index contributed by atoms with van der Waals surface area (Å²) < 4.78 is 0. The lowest BCUT2D eigenvalue weighted by Gasteiger charge is -2.29. The summed E-state index contributed by atoms with van der Waals surface area (Å²) in [5.41, 5.74) is -0.118. The SMILES string of the molecule is CC(C)C(C)(C)CNC(=O)c1c(O)cccc1O. The van der Waals surface area contributed by atoms with Crippen LogP contribution in [0.4, 0.5) is 0 Å². The maximum absolute atomic E-state index is 11.9. The fraction of sp³-hybridized carbons (Fsp3) is 0.500. The average Bonchev–Trinajstić information content (AvgIpc) is 2.26. The molecule has 0 heterocycles. The minimum absolute atomic E-state index is 0.0460. The second-order valence-corrected chi connectivity index (χ2v) is 5.50. The van der Waals surface area contributed by atoms with E-state index < -0.39 is 5.91 Å². The fourth-order valence-corrected chi connectivity index (χ4v) is 1.36. The van der Waals surface area contributed by atoms with Crippen molar-refractivity contribution in [3.8, 4) is 11.5 Å². The van der Waals surface area contributed by atoms with E-state index in [1.807, 2.05) is 0 Å². The highest BCUT2D eigenvalue weighted by atomic mass is 16.3. The molecule has 0 aliphatic carbocycles. The first-order valence-corrected chi connectivity index (χ1v) is 6.05. The second-order valence-electron chi connectivity index (χ2n) is 5.50. The number of hydrogen-bond donors (Lipinski definition) is 3. The van der Waals surface area contributed by atoms with Crippen molar-refractivity contribution >= 4 is 5.91 Å². The molecule has 0 atom stereocenters. The summed E-state index contributed by atoms with van der Waals surface area (Å²) in [7, 11) is 0. The Morgan fingerprint density at radius 2 is 1.78 bits per heavy atom. The first-order chi connectivity index (χ1) is 8.25. The third-order valence-corrected chi connectivity index (χ3v) is 3.52. The maximum Gasteiger partial charge on any atom is 0.258 e. The lowest BCUT2D eigenvalue weighted by molar-refractivity contribution is 0.0919. The molecule has 1 rings (SSSR count). The molecule has 1 amide bonds. The second kappa shape index (κ2) is 5.29. The van der Waals surface area contributed by atoms with Crippen molar-refractivity contribution in [2.45, 2.75) is 27.7 Å². The van der Waals surface area contributed by atoms with Gasteiger partial charge in [-0.3, -0.25) is 4.79 Å². The Labute approximate surface area is 108 Å². The molecule has 0 aromatic heterocycles. The number of nitrogens with one attached hydrogen (secondary N) is 1. The molecule has 0 radical (unpaired) electrons. The van der Waals surface area contributed by atoms with Gasteiger partial charge in [0.1, 0.15) is 17.1 Å². The Balaban J connectivity index is 2.79. The van der Waals surface area contributed by atoms with Gasteiger partial charge in [-0.05, 0) is 23.5 Å². The molecule has 3 N–H and O–H groups in total. The van der Waals surface area contributed by atoms with Gasteiger partial charge >= 0.3 is 0 Å². The van der Waals surface area contributed by atoms with E-state index in [9.17, 15) is 15.0 Å². The van der Waals surface area contributed by atoms with Crippen LogP contribution in [0, 0.1) is 11.3 Å². The van der Waals surface area contributed by atoms with Gasteiger partial charge < -0.3 is 15.5 Å². The van der Waals surface area contributed by atoms with Crippen LogP contribution in [-0.4, -0.2) is 22.7 Å². The molecular weight excluding hydrogens is 230 g/mol. The molecule has 18 heavy (non-hydrogen) atoms. The Morgan fingerprint density at radius 1 is 1.28 bits per heavy atom. The number of phenols is 2. The standard InChI is InChI=1S/C14H21NO3/c1-9(2)14(3,4)8-15-13(18)12-10(16)6-5-7-11(12)17/h5-7,9,16-17H,8H2,1-4H3,(H,15,18). The van der Waals surface area contributed by atoms with E-state index in [0.717, 1.165) is 0 Å². The molecule has 1 aromatic rings. The summed E-state index contributed by atoms with van der Waals surface area (Å²) >= 11 is 0. The van der Waals surface area contributed by atoms with E-state index in [-0.39, 0.29) is 22.5 Å². The van der Waals surface area contributed by atoms with Crippen LogP contribution in [0.2, 0.25) is 0 Å². The van der Waals surface area contributed by atoms with Gasteiger partial charge in [-0.1, -0.05) is 33.8 Å². The largest absolute Gasteiger partial charge is 0.507 e. The van der Waals surface area contributed by atoms with Crippen LogP contribution in [0.5, 0.6) is 11.5 Å². The third-order valence-electron chi connectivity index (χ3n) is 3.52. The summed E-state index contributed by atoms with van der Waals surface area (Å²) in [5.74, 6) is -0.472. The lowest BCUT2D eigenvalue weighted by atomic mass is 9.81. The quantitative estimate of drug-likeness (QED) is 0.770. The van der Waals surface area contributed by atoms with Crippen molar-refractivity contribution in [1.82, 2.24) is 5.32 Å². The van der Waals surface area contributed by atoms with Crippen LogP contribution >= 0.6 is 0 Å². The van der Waals surface area contributed by atoms with Crippen molar-refractivity contribution in [3.05, 3.63) is 23.8 Å². The summed E-state index contributed by atoms with van der Waals surface area (Å²) in [6, 6.07) is 4.24. The molecule has 4 nitrogen and oxygen atoms in total. The van der Waals surface area contributed by atoms with Crippen molar-refractivity contribution in [2.24, 2.45) is 11.3 Å². The molecule has 1 aromatic carbocycles. The number of phenolic OH excluding ortho intramolecular Hbond substituents is 2. The Bertz CT molecular complexity index is 418. The zero-order chi connectivity index (χ0) is 13.9. The van der Waals surface area contributed by atoms with Crippen molar-refractivity contribution in [3.63, 3.8) is 0 Å². The van der Waals surface area contributed by atoms with Crippen molar-refractivity contribution in [2.75, 3.05) is 6.54 Å². The molecule has 0 saturated carbocycles. The zero-order valence-corrected chi connectivity index (χ0v) is 11.3. The average molecular weight is 251 g/mol. The smallest absolute Gasteiger partial charge is 0.258 e. The Hall–Kier alpha value is -1.71. The van der Waals surface area contributed by atoms with E-state index in [4.69, 9.17) is 0 Å². The summed E-state index contributed by atoms with van der Waals surface area (Å²) in [6.45, 7) is 8.77. The van der Waals surface area contributed by atoms with Crippen LogP contribution in [0.3, 0.4) is 0 Å². The van der Waals surface area contributed by atoms with Gasteiger partial charge in [-0.15, -0.1) is 0 Å². The van der Waals surface area contributed by atoms with E-state index in [2.05, 4.69) is 33.0 Å². The minimum Gasteiger partial charge on any atom is -0.507 e. The Kier molecular flexibility index (Phi) is 4.22. The highest BCUT2D eigenvalue weighted by Crippen LogP contribution is 2.28. The van der Waals surface area contributed by atoms with E-state index in [0.29, 0.717) is 12.5 Å². The van der Waals surface area contributed by atoms with Crippen molar-refractivity contribution < 1.29 is 15.0 Å². The zero-order valence-electron chi connectivity index (χ0n) is 11.3. The number of hydrogen-bond acceptors (Lipinski definition) is 3. The van der Waals surface area contributed by atoms with Gasteiger partial charge in [-0.25, -0.2) is 0 Å². The number of aromatic hydroxyl groups is 2. The normalized spacial score (nSPS) is 11.6. The van der Waals surface area contributed by atoms with Gasteiger partial charge in [0.25, 0.3) is 5.91 Å². The number of rotatable bonds is 4. The van der Waals surface area contributed by atoms with E-state index >= 15 is 0 Å². The van der Waals surface area contributed by atoms with Gasteiger partial charge in [0.2, 0.25) is 0 Å². The fourth-order valence-electron chi connectivity index (χ4n) is 1.36. The van der Waals surface area contributed by atoms with Crippen LogP contribution in [0.15, 0.2) is 18.2 Å². The predicted molar refractivity (Wildman–Crippen MR) is 70.7 cm³/mol. The molecule has 0 bridgehead atoms. The topological polar surface area (TPSA) is 69.6 Å². The van der Waals surface area contributed by atoms with Gasteiger partial charge in [0.05, 0.1) is 0 Å². The number of carbonyl (C=O) groups excluding carboxylic acids is 1. The van der Waals surface area contributed by atoms with Crippen molar-refractivity contribution in [1.29, 1.82) is 0 Å². The molecule has 100 valence electrons. The first-order valence-electron chi connectivity index (χ1n) is 6.05. The molecular formula is C14H21NO3. The third kappa shape index (κ3) is 3.15. The molecule has 0 aliphatic rings. The monoisotopic (exact) mass is 251 g/mol. The van der Waals surface area contributed by atoms with Crippen LogP contribution < -0.4 is 5.32 Å². The van der Waals surface area contributed by atoms with E-state index in [1.165, 1.54) is 18.2 Å². The van der Waals surface area contributed by atoms with Crippen LogP contribution in [-0.2, 0) is 0 Å². The summed E-state index contributed by atoms with van der Waals surface area (Å²) in [6.07, 6.45) is 0. The Morgan fingerprint density at radius 3 is 2.22 bits per heavy atom. The van der Waals surface area contributed by atoms with Crippen LogP contribution in [0.25, 0.3) is 0 Å². The lowest BCUT2D eigenvalue weighted by Crippen LogP contribution is -2.37. The van der Waals surface area contributed by atoms with Crippen LogP contribution in [0.1, 0.15) is 38.1 Å². The highest BCUT2D eigenvalue weighted by molar-refractivity contribution is 5.99. The number of carbonyl (C=O) groups is 1. The number of amides is 1.